The highest BCUT2D eigenvalue weighted by molar-refractivity contribution is 7.09. The maximum atomic E-state index is 11.6. The number of urea groups is 1. The zero-order valence-corrected chi connectivity index (χ0v) is 12.4. The molecule has 0 aliphatic carbocycles. The van der Waals surface area contributed by atoms with Gasteiger partial charge in [0.15, 0.2) is 0 Å². The van der Waals surface area contributed by atoms with E-state index in [1.807, 2.05) is 17.5 Å². The van der Waals surface area contributed by atoms with Crippen LogP contribution in [0.2, 0.25) is 0 Å². The molecule has 1 atom stereocenters. The zero-order chi connectivity index (χ0) is 15.7. The lowest BCUT2D eigenvalue weighted by Gasteiger charge is -2.14. The molecular formula is C13H18N2O5S. The number of carboxylic acids is 1. The van der Waals surface area contributed by atoms with Gasteiger partial charge in [-0.05, 0) is 24.3 Å². The fraction of sp³-hybridized carbons (Fsp3) is 0.462. The molecule has 0 bridgehead atoms. The van der Waals surface area contributed by atoms with Gasteiger partial charge in [-0.2, -0.15) is 0 Å². The molecule has 1 aromatic rings. The zero-order valence-electron chi connectivity index (χ0n) is 11.6. The highest BCUT2D eigenvalue weighted by atomic mass is 32.1. The highest BCUT2D eigenvalue weighted by Crippen LogP contribution is 2.08. The number of hydrogen-bond donors (Lipinski definition) is 3. The number of carbonyl (C=O) groups is 3. The van der Waals surface area contributed by atoms with Crippen molar-refractivity contribution >= 4 is 29.3 Å². The van der Waals surface area contributed by atoms with Crippen LogP contribution in [0, 0.1) is 0 Å². The molecule has 0 aliphatic rings. The van der Waals surface area contributed by atoms with Crippen LogP contribution in [0.5, 0.6) is 0 Å². The number of carbonyl (C=O) groups excluding carboxylic acids is 2. The summed E-state index contributed by atoms with van der Waals surface area (Å²) in [7, 11) is 1.23. The predicted octanol–water partition coefficient (Wildman–Crippen LogP) is 0.996. The molecule has 0 radical (unpaired) electrons. The van der Waals surface area contributed by atoms with Crippen molar-refractivity contribution < 1.29 is 24.2 Å². The summed E-state index contributed by atoms with van der Waals surface area (Å²) in [5, 5.41) is 15.8. The van der Waals surface area contributed by atoms with Crippen molar-refractivity contribution in [2.45, 2.75) is 25.3 Å². The van der Waals surface area contributed by atoms with Gasteiger partial charge in [0.1, 0.15) is 6.04 Å². The fourth-order valence-electron chi connectivity index (χ4n) is 1.58. The first-order chi connectivity index (χ1) is 10.0. The van der Waals surface area contributed by atoms with Crippen LogP contribution in [-0.2, 0) is 20.7 Å². The standard InChI is InChI=1S/C13H18N2O5S/c1-20-11(16)5-4-10(12(17)18)15-13(19)14-7-6-9-3-2-8-21-9/h2-3,8,10H,4-7H2,1H3,(H,17,18)(H2,14,15,19)/t10-/m0/s1. The summed E-state index contributed by atoms with van der Waals surface area (Å²) in [4.78, 5) is 34.7. The summed E-state index contributed by atoms with van der Waals surface area (Å²) >= 11 is 1.59. The molecule has 1 heterocycles. The van der Waals surface area contributed by atoms with E-state index in [0.717, 1.165) is 4.88 Å². The molecule has 0 saturated carbocycles. The second kappa shape index (κ2) is 8.96. The first-order valence-corrected chi connectivity index (χ1v) is 7.27. The first-order valence-electron chi connectivity index (χ1n) is 6.39. The molecule has 1 rings (SSSR count). The Morgan fingerprint density at radius 3 is 2.76 bits per heavy atom. The van der Waals surface area contributed by atoms with Crippen molar-refractivity contribution in [3.8, 4) is 0 Å². The van der Waals surface area contributed by atoms with Crippen LogP contribution in [0.1, 0.15) is 17.7 Å². The molecule has 0 aliphatic heterocycles. The molecule has 0 saturated heterocycles. The Morgan fingerprint density at radius 2 is 2.19 bits per heavy atom. The lowest BCUT2D eigenvalue weighted by molar-refractivity contribution is -0.142. The molecule has 0 unspecified atom stereocenters. The van der Waals surface area contributed by atoms with E-state index in [4.69, 9.17) is 5.11 Å². The average molecular weight is 314 g/mol. The lowest BCUT2D eigenvalue weighted by Crippen LogP contribution is -2.46. The van der Waals surface area contributed by atoms with Crippen LogP contribution in [0.3, 0.4) is 0 Å². The normalized spacial score (nSPS) is 11.5. The van der Waals surface area contributed by atoms with E-state index < -0.39 is 24.0 Å². The van der Waals surface area contributed by atoms with E-state index in [0.29, 0.717) is 13.0 Å². The smallest absolute Gasteiger partial charge is 0.326 e. The van der Waals surface area contributed by atoms with Crippen LogP contribution >= 0.6 is 11.3 Å². The highest BCUT2D eigenvalue weighted by Gasteiger charge is 2.20. The molecule has 8 heteroatoms. The molecule has 1 aromatic heterocycles. The number of carboxylic acid groups (broad SMARTS) is 1. The number of nitrogens with one attached hydrogen (secondary N) is 2. The quantitative estimate of drug-likeness (QED) is 0.621. The van der Waals surface area contributed by atoms with Gasteiger partial charge in [0.05, 0.1) is 7.11 Å². The second-order valence-electron chi connectivity index (χ2n) is 4.24. The minimum absolute atomic E-state index is 0.0135. The fourth-order valence-corrected chi connectivity index (χ4v) is 2.29. The van der Waals surface area contributed by atoms with Crippen molar-refractivity contribution in [2.24, 2.45) is 0 Å². The largest absolute Gasteiger partial charge is 0.480 e. The summed E-state index contributed by atoms with van der Waals surface area (Å²) in [5.41, 5.74) is 0. The molecule has 21 heavy (non-hydrogen) atoms. The maximum absolute atomic E-state index is 11.6. The Balaban J connectivity index is 2.31. The van der Waals surface area contributed by atoms with Crippen molar-refractivity contribution in [2.75, 3.05) is 13.7 Å². The predicted molar refractivity (Wildman–Crippen MR) is 77.2 cm³/mol. The third-order valence-corrected chi connectivity index (χ3v) is 3.64. The van der Waals surface area contributed by atoms with Crippen LogP contribution in [-0.4, -0.2) is 42.8 Å². The number of rotatable bonds is 8. The van der Waals surface area contributed by atoms with Gasteiger partial charge in [0.2, 0.25) is 0 Å². The molecule has 116 valence electrons. The number of thiophene rings is 1. The van der Waals surface area contributed by atoms with Crippen LogP contribution in [0.4, 0.5) is 4.79 Å². The van der Waals surface area contributed by atoms with Crippen LogP contribution in [0.25, 0.3) is 0 Å². The van der Waals surface area contributed by atoms with Crippen LogP contribution < -0.4 is 10.6 Å². The summed E-state index contributed by atoms with van der Waals surface area (Å²) in [6, 6.07) is 2.20. The van der Waals surface area contributed by atoms with Crippen molar-refractivity contribution in [3.63, 3.8) is 0 Å². The molecule has 0 spiro atoms. The Labute approximate surface area is 126 Å². The van der Waals surface area contributed by atoms with Gasteiger partial charge < -0.3 is 20.5 Å². The van der Waals surface area contributed by atoms with Crippen LogP contribution in [0.15, 0.2) is 17.5 Å². The minimum atomic E-state index is -1.19. The summed E-state index contributed by atoms with van der Waals surface area (Å²) in [5.74, 6) is -1.70. The molecule has 2 amide bonds. The van der Waals surface area contributed by atoms with Gasteiger partial charge in [0.25, 0.3) is 0 Å². The van der Waals surface area contributed by atoms with Crippen molar-refractivity contribution in [1.29, 1.82) is 0 Å². The third-order valence-electron chi connectivity index (χ3n) is 2.71. The second-order valence-corrected chi connectivity index (χ2v) is 5.27. The van der Waals surface area contributed by atoms with Crippen molar-refractivity contribution in [3.05, 3.63) is 22.4 Å². The third kappa shape index (κ3) is 6.75. The molecule has 7 nitrogen and oxygen atoms in total. The Hall–Kier alpha value is -2.09. The summed E-state index contributed by atoms with van der Waals surface area (Å²) in [6.45, 7) is 0.412. The number of hydrogen-bond acceptors (Lipinski definition) is 5. The lowest BCUT2D eigenvalue weighted by atomic mass is 10.1. The van der Waals surface area contributed by atoms with Gasteiger partial charge in [-0.1, -0.05) is 6.07 Å². The van der Waals surface area contributed by atoms with E-state index in [9.17, 15) is 14.4 Å². The van der Waals surface area contributed by atoms with Crippen molar-refractivity contribution in [1.82, 2.24) is 10.6 Å². The van der Waals surface area contributed by atoms with Gasteiger partial charge in [-0.15, -0.1) is 11.3 Å². The number of esters is 1. The van der Waals surface area contributed by atoms with E-state index in [1.165, 1.54) is 7.11 Å². The van der Waals surface area contributed by atoms with Gasteiger partial charge in [0, 0.05) is 17.8 Å². The maximum Gasteiger partial charge on any atom is 0.326 e. The average Bonchev–Trinajstić information content (AvgIpc) is 2.95. The number of methoxy groups -OCH3 is 1. The monoisotopic (exact) mass is 314 g/mol. The van der Waals surface area contributed by atoms with Gasteiger partial charge in [-0.25, -0.2) is 9.59 Å². The van der Waals surface area contributed by atoms with E-state index in [2.05, 4.69) is 15.4 Å². The SMILES string of the molecule is COC(=O)CC[C@H](NC(=O)NCCc1cccs1)C(=O)O. The Kier molecular flexibility index (Phi) is 7.24. The molecule has 0 fully saturated rings. The number of ether oxygens (including phenoxy) is 1. The Bertz CT molecular complexity index is 475. The molecule has 0 aromatic carbocycles. The topological polar surface area (TPSA) is 105 Å². The van der Waals surface area contributed by atoms with Gasteiger partial charge in [-0.3, -0.25) is 4.79 Å². The minimum Gasteiger partial charge on any atom is -0.480 e. The first kappa shape index (κ1) is 17.0. The summed E-state index contributed by atoms with van der Waals surface area (Å²) < 4.78 is 4.43. The summed E-state index contributed by atoms with van der Waals surface area (Å²) in [6.07, 6.45) is 0.605. The number of amides is 2. The number of aliphatic carboxylic acids is 1. The van der Waals surface area contributed by atoms with Gasteiger partial charge >= 0.3 is 18.0 Å². The van der Waals surface area contributed by atoms with E-state index >= 15 is 0 Å². The molecule has 3 N–H and O–H groups in total. The molecular weight excluding hydrogens is 296 g/mol. The van der Waals surface area contributed by atoms with E-state index in [1.54, 1.807) is 11.3 Å². The Morgan fingerprint density at radius 1 is 1.43 bits per heavy atom. The van der Waals surface area contributed by atoms with E-state index in [-0.39, 0.29) is 12.8 Å².